The number of rotatable bonds is 3. The molecule has 1 aliphatic rings. The van der Waals surface area contributed by atoms with Crippen LogP contribution in [-0.4, -0.2) is 14.5 Å². The summed E-state index contributed by atoms with van der Waals surface area (Å²) in [6.45, 7) is 6.38. The molecule has 1 saturated carbocycles. The number of nitrogens with zero attached hydrogens (tertiary/aromatic N) is 2. The number of hydrogen-bond donors (Lipinski definition) is 0. The van der Waals surface area contributed by atoms with Gasteiger partial charge in [-0.3, -0.25) is 0 Å². The lowest BCUT2D eigenvalue weighted by Crippen LogP contribution is -2.22. The van der Waals surface area contributed by atoms with Crippen LogP contribution in [0, 0.1) is 23.2 Å². The summed E-state index contributed by atoms with van der Waals surface area (Å²) in [6, 6.07) is 2.38. The Kier molecular flexibility index (Phi) is 5.00. The third-order valence-electron chi connectivity index (χ3n) is 2.79. The van der Waals surface area contributed by atoms with E-state index in [0.29, 0.717) is 5.92 Å². The molecule has 0 spiro atoms. The van der Waals surface area contributed by atoms with Gasteiger partial charge >= 0.3 is 0 Å². The standard InChI is InChI=1S/C12H22N2OSi/c1-16(2,3)15-14-10-12-6-4-5-11(9-13)7-8-12/h10-12H,4-8H2,1-3H3/b14-10+. The molecule has 16 heavy (non-hydrogen) atoms. The van der Waals surface area contributed by atoms with Crippen molar-refractivity contribution < 1.29 is 4.53 Å². The van der Waals surface area contributed by atoms with E-state index in [1.54, 1.807) is 0 Å². The summed E-state index contributed by atoms with van der Waals surface area (Å²) in [4.78, 5) is 0. The zero-order valence-electron chi connectivity index (χ0n) is 10.6. The molecule has 0 aromatic rings. The van der Waals surface area contributed by atoms with Crippen LogP contribution < -0.4 is 0 Å². The molecule has 0 saturated heterocycles. The summed E-state index contributed by atoms with van der Waals surface area (Å²) in [5.41, 5.74) is 0. The van der Waals surface area contributed by atoms with Crippen LogP contribution in [0.5, 0.6) is 0 Å². The normalized spacial score (nSPS) is 27.4. The summed E-state index contributed by atoms with van der Waals surface area (Å²) in [5.74, 6) is 0.769. The van der Waals surface area contributed by atoms with E-state index in [1.165, 1.54) is 0 Å². The Balaban J connectivity index is 2.36. The van der Waals surface area contributed by atoms with E-state index < -0.39 is 8.32 Å². The van der Waals surface area contributed by atoms with Crippen molar-refractivity contribution in [3.8, 4) is 6.07 Å². The van der Waals surface area contributed by atoms with Crippen LogP contribution in [0.4, 0.5) is 0 Å². The van der Waals surface area contributed by atoms with E-state index in [2.05, 4.69) is 30.9 Å². The lowest BCUT2D eigenvalue weighted by Gasteiger charge is -2.13. The molecule has 3 nitrogen and oxygen atoms in total. The minimum Gasteiger partial charge on any atom is -0.456 e. The second-order valence-electron chi connectivity index (χ2n) is 5.55. The maximum atomic E-state index is 8.88. The van der Waals surface area contributed by atoms with Crippen molar-refractivity contribution in [3.63, 3.8) is 0 Å². The van der Waals surface area contributed by atoms with Gasteiger partial charge < -0.3 is 4.53 Å². The van der Waals surface area contributed by atoms with Crippen molar-refractivity contribution in [2.45, 2.75) is 51.7 Å². The average molecular weight is 238 g/mol. The van der Waals surface area contributed by atoms with Crippen LogP contribution in [-0.2, 0) is 4.53 Å². The summed E-state index contributed by atoms with van der Waals surface area (Å²) < 4.78 is 5.47. The first-order valence-electron chi connectivity index (χ1n) is 6.12. The van der Waals surface area contributed by atoms with Crippen LogP contribution in [0.25, 0.3) is 0 Å². The summed E-state index contributed by atoms with van der Waals surface area (Å²) in [5, 5.41) is 13.0. The van der Waals surface area contributed by atoms with E-state index >= 15 is 0 Å². The number of nitriles is 1. The monoisotopic (exact) mass is 238 g/mol. The zero-order chi connectivity index (χ0) is 12.0. The largest absolute Gasteiger partial charge is 0.456 e. The molecule has 0 amide bonds. The first kappa shape index (κ1) is 13.2. The molecular weight excluding hydrogens is 216 g/mol. The maximum Gasteiger partial charge on any atom is 0.278 e. The molecule has 0 bridgehead atoms. The Morgan fingerprint density at radius 1 is 1.25 bits per heavy atom. The van der Waals surface area contributed by atoms with Gasteiger partial charge in [-0.15, -0.1) is 5.16 Å². The fraction of sp³-hybridized carbons (Fsp3) is 0.833. The van der Waals surface area contributed by atoms with Crippen molar-refractivity contribution in [2.75, 3.05) is 0 Å². The van der Waals surface area contributed by atoms with Gasteiger partial charge in [0.05, 0.1) is 6.07 Å². The van der Waals surface area contributed by atoms with Gasteiger partial charge in [0, 0.05) is 12.1 Å². The van der Waals surface area contributed by atoms with E-state index in [1.807, 2.05) is 6.21 Å². The molecule has 0 heterocycles. The average Bonchev–Trinajstić information content (AvgIpc) is 2.41. The van der Waals surface area contributed by atoms with Crippen molar-refractivity contribution in [1.82, 2.24) is 0 Å². The Labute approximate surface area is 99.6 Å². The molecule has 1 fully saturated rings. The fourth-order valence-corrected chi connectivity index (χ4v) is 2.26. The highest BCUT2D eigenvalue weighted by Gasteiger charge is 2.18. The van der Waals surface area contributed by atoms with E-state index in [0.717, 1.165) is 32.1 Å². The Hall–Kier alpha value is -0.823. The van der Waals surface area contributed by atoms with Gasteiger partial charge in [-0.1, -0.05) is 6.42 Å². The molecule has 1 aliphatic carbocycles. The van der Waals surface area contributed by atoms with Gasteiger partial charge in [0.2, 0.25) is 0 Å². The van der Waals surface area contributed by atoms with E-state index in [9.17, 15) is 0 Å². The lowest BCUT2D eigenvalue weighted by molar-refractivity contribution is 0.333. The summed E-state index contributed by atoms with van der Waals surface area (Å²) >= 11 is 0. The SMILES string of the molecule is C[Si](C)(C)O/N=C/C1CCCC(C#N)CC1. The van der Waals surface area contributed by atoms with Gasteiger partial charge in [-0.25, -0.2) is 0 Å². The highest BCUT2D eigenvalue weighted by atomic mass is 28.4. The Morgan fingerprint density at radius 3 is 2.62 bits per heavy atom. The van der Waals surface area contributed by atoms with E-state index in [-0.39, 0.29) is 5.92 Å². The van der Waals surface area contributed by atoms with Crippen molar-refractivity contribution in [1.29, 1.82) is 5.26 Å². The molecule has 4 heteroatoms. The Morgan fingerprint density at radius 2 is 2.00 bits per heavy atom. The summed E-state index contributed by atoms with van der Waals surface area (Å²) in [7, 11) is -1.52. The van der Waals surface area contributed by atoms with Crippen molar-refractivity contribution in [2.24, 2.45) is 17.0 Å². The molecule has 0 aromatic carbocycles. The zero-order valence-corrected chi connectivity index (χ0v) is 11.6. The Bertz CT molecular complexity index is 278. The fourth-order valence-electron chi connectivity index (χ4n) is 1.88. The number of oxime groups is 1. The molecule has 0 radical (unpaired) electrons. The molecule has 1 rings (SSSR count). The van der Waals surface area contributed by atoms with Gasteiger partial charge in [-0.2, -0.15) is 5.26 Å². The molecule has 0 aromatic heterocycles. The first-order chi connectivity index (χ1) is 7.51. The second-order valence-corrected chi connectivity index (χ2v) is 9.96. The second kappa shape index (κ2) is 6.05. The quantitative estimate of drug-likeness (QED) is 0.327. The molecule has 0 N–H and O–H groups in total. The third kappa shape index (κ3) is 5.31. The molecule has 0 aliphatic heterocycles. The smallest absolute Gasteiger partial charge is 0.278 e. The van der Waals surface area contributed by atoms with Crippen LogP contribution in [0.1, 0.15) is 32.1 Å². The van der Waals surface area contributed by atoms with Gasteiger partial charge in [0.15, 0.2) is 0 Å². The highest BCUT2D eigenvalue weighted by molar-refractivity contribution is 6.69. The predicted octanol–water partition coefficient (Wildman–Crippen LogP) is 3.54. The lowest BCUT2D eigenvalue weighted by atomic mass is 10.0. The van der Waals surface area contributed by atoms with Gasteiger partial charge in [0.25, 0.3) is 8.32 Å². The maximum absolute atomic E-state index is 8.88. The number of hydrogen-bond acceptors (Lipinski definition) is 3. The van der Waals surface area contributed by atoms with E-state index in [4.69, 9.17) is 9.79 Å². The summed E-state index contributed by atoms with van der Waals surface area (Å²) in [6.07, 6.45) is 7.39. The van der Waals surface area contributed by atoms with Crippen LogP contribution in [0.15, 0.2) is 5.16 Å². The van der Waals surface area contributed by atoms with Crippen molar-refractivity contribution >= 4 is 14.5 Å². The van der Waals surface area contributed by atoms with Crippen LogP contribution in [0.2, 0.25) is 19.6 Å². The topological polar surface area (TPSA) is 45.4 Å². The van der Waals surface area contributed by atoms with Crippen molar-refractivity contribution in [3.05, 3.63) is 0 Å². The van der Waals surface area contributed by atoms with Gasteiger partial charge in [-0.05, 0) is 51.2 Å². The first-order valence-corrected chi connectivity index (χ1v) is 9.53. The highest BCUT2D eigenvalue weighted by Crippen LogP contribution is 2.25. The minimum atomic E-state index is -1.52. The molecular formula is C12H22N2OSi. The predicted molar refractivity (Wildman–Crippen MR) is 68.6 cm³/mol. The van der Waals surface area contributed by atoms with Crippen LogP contribution >= 0.6 is 0 Å². The molecule has 2 atom stereocenters. The molecule has 2 unspecified atom stereocenters. The minimum absolute atomic E-state index is 0.260. The molecule has 90 valence electrons. The van der Waals surface area contributed by atoms with Gasteiger partial charge in [0.1, 0.15) is 0 Å². The third-order valence-corrected chi connectivity index (χ3v) is 3.45. The van der Waals surface area contributed by atoms with Crippen LogP contribution in [0.3, 0.4) is 0 Å².